The van der Waals surface area contributed by atoms with Crippen LogP contribution in [0.5, 0.6) is 0 Å². The van der Waals surface area contributed by atoms with Gasteiger partial charge in [0.15, 0.2) is 0 Å². The van der Waals surface area contributed by atoms with Gasteiger partial charge in [-0.3, -0.25) is 24.7 Å². The van der Waals surface area contributed by atoms with Crippen LogP contribution in [0.4, 0.5) is 18.9 Å². The van der Waals surface area contributed by atoms with Gasteiger partial charge in [-0.25, -0.2) is 5.06 Å². The number of carbonyl (C=O) groups excluding carboxylic acids is 1. The van der Waals surface area contributed by atoms with Gasteiger partial charge in [0, 0.05) is 24.9 Å². The summed E-state index contributed by atoms with van der Waals surface area (Å²) in [7, 11) is 2.45. The molecule has 0 bridgehead atoms. The summed E-state index contributed by atoms with van der Waals surface area (Å²) >= 11 is 0. The highest BCUT2D eigenvalue weighted by atomic mass is 19.4. The fourth-order valence-electron chi connectivity index (χ4n) is 2.13. The van der Waals surface area contributed by atoms with Crippen molar-refractivity contribution in [3.8, 4) is 11.3 Å². The fourth-order valence-corrected chi connectivity index (χ4v) is 2.13. The van der Waals surface area contributed by atoms with E-state index in [-0.39, 0.29) is 11.1 Å². The Balaban J connectivity index is 2.62. The van der Waals surface area contributed by atoms with Gasteiger partial charge in [0.1, 0.15) is 5.56 Å². The number of amides is 1. The van der Waals surface area contributed by atoms with Crippen LogP contribution in [-0.4, -0.2) is 35.0 Å². The number of nitro groups is 1. The molecular weight excluding hydrogens is 343 g/mol. The van der Waals surface area contributed by atoms with Crippen molar-refractivity contribution >= 4 is 11.6 Å². The van der Waals surface area contributed by atoms with Gasteiger partial charge in [0.05, 0.1) is 23.3 Å². The van der Waals surface area contributed by atoms with Crippen molar-refractivity contribution in [3.05, 3.63) is 57.8 Å². The van der Waals surface area contributed by atoms with Gasteiger partial charge in [0.2, 0.25) is 0 Å². The molecule has 0 atom stereocenters. The lowest BCUT2D eigenvalue weighted by Crippen LogP contribution is -2.26. The second kappa shape index (κ2) is 6.85. The maximum absolute atomic E-state index is 13.1. The Morgan fingerprint density at radius 1 is 1.32 bits per heavy atom. The topological polar surface area (TPSA) is 85.6 Å². The van der Waals surface area contributed by atoms with Crippen LogP contribution in [0.3, 0.4) is 0 Å². The maximum atomic E-state index is 13.1. The van der Waals surface area contributed by atoms with Crippen molar-refractivity contribution < 1.29 is 27.7 Å². The van der Waals surface area contributed by atoms with Crippen molar-refractivity contribution in [2.75, 3.05) is 14.2 Å². The quantitative estimate of drug-likeness (QED) is 0.620. The molecule has 0 aliphatic carbocycles. The van der Waals surface area contributed by atoms with Crippen LogP contribution in [-0.2, 0) is 11.0 Å². The van der Waals surface area contributed by atoms with Crippen molar-refractivity contribution in [2.45, 2.75) is 6.18 Å². The summed E-state index contributed by atoms with van der Waals surface area (Å²) < 4.78 is 39.3. The van der Waals surface area contributed by atoms with E-state index in [4.69, 9.17) is 0 Å². The van der Waals surface area contributed by atoms with E-state index in [1.54, 1.807) is 0 Å². The first-order valence-electron chi connectivity index (χ1n) is 6.80. The molecule has 0 spiro atoms. The molecule has 0 aliphatic heterocycles. The maximum Gasteiger partial charge on any atom is 0.418 e. The van der Waals surface area contributed by atoms with E-state index in [1.807, 2.05) is 0 Å². The number of alkyl halides is 3. The summed E-state index contributed by atoms with van der Waals surface area (Å²) in [6.07, 6.45) is -3.53. The van der Waals surface area contributed by atoms with Crippen LogP contribution in [0.15, 0.2) is 36.5 Å². The van der Waals surface area contributed by atoms with Crippen LogP contribution in [0, 0.1) is 10.1 Å². The number of carbonyl (C=O) groups is 1. The Bertz CT molecular complexity index is 824. The zero-order valence-electron chi connectivity index (χ0n) is 13.1. The van der Waals surface area contributed by atoms with Gasteiger partial charge in [-0.2, -0.15) is 13.2 Å². The zero-order valence-corrected chi connectivity index (χ0v) is 13.1. The number of benzene rings is 1. The smallest absolute Gasteiger partial charge is 0.274 e. The highest BCUT2D eigenvalue weighted by molar-refractivity contribution is 5.98. The third-order valence-electron chi connectivity index (χ3n) is 3.37. The van der Waals surface area contributed by atoms with Gasteiger partial charge < -0.3 is 0 Å². The monoisotopic (exact) mass is 355 g/mol. The van der Waals surface area contributed by atoms with Crippen molar-refractivity contribution in [1.82, 2.24) is 10.0 Å². The number of pyridine rings is 1. The lowest BCUT2D eigenvalue weighted by molar-refractivity contribution is -0.385. The van der Waals surface area contributed by atoms with E-state index in [9.17, 15) is 28.1 Å². The zero-order chi connectivity index (χ0) is 18.8. The van der Waals surface area contributed by atoms with Crippen LogP contribution >= 0.6 is 0 Å². The second-order valence-electron chi connectivity index (χ2n) is 4.87. The van der Waals surface area contributed by atoms with E-state index >= 15 is 0 Å². The predicted molar refractivity (Wildman–Crippen MR) is 80.4 cm³/mol. The lowest BCUT2D eigenvalue weighted by atomic mass is 10.0. The van der Waals surface area contributed by atoms with E-state index in [0.29, 0.717) is 0 Å². The lowest BCUT2D eigenvalue weighted by Gasteiger charge is -2.15. The van der Waals surface area contributed by atoms with Crippen LogP contribution in [0.2, 0.25) is 0 Å². The largest absolute Gasteiger partial charge is 0.418 e. The Labute approximate surface area is 139 Å². The molecule has 0 saturated heterocycles. The van der Waals surface area contributed by atoms with E-state index < -0.39 is 34.0 Å². The highest BCUT2D eigenvalue weighted by Crippen LogP contribution is 2.37. The standard InChI is InChI=1S/C15H12F3N3O4/c1-20(25-2)14(22)10-6-5-9(8-12(10)21(23)24)13-11(15(16,17)18)4-3-7-19-13/h3-8H,1-2H3. The second-order valence-corrected chi connectivity index (χ2v) is 4.87. The molecule has 2 aromatic rings. The Hall–Kier alpha value is -3.01. The average Bonchev–Trinajstić information content (AvgIpc) is 2.59. The number of rotatable bonds is 4. The number of hydrogen-bond donors (Lipinski definition) is 0. The molecule has 0 aliphatic rings. The molecule has 1 aromatic carbocycles. The number of halogens is 3. The predicted octanol–water partition coefficient (Wildman–Crippen LogP) is 3.31. The molecule has 0 unspecified atom stereocenters. The molecule has 0 N–H and O–H groups in total. The summed E-state index contributed by atoms with van der Waals surface area (Å²) in [6.45, 7) is 0. The Morgan fingerprint density at radius 2 is 2.00 bits per heavy atom. The molecule has 1 heterocycles. The van der Waals surface area contributed by atoms with Gasteiger partial charge in [-0.05, 0) is 18.2 Å². The molecule has 7 nitrogen and oxygen atoms in total. The van der Waals surface area contributed by atoms with Crippen LogP contribution in [0.1, 0.15) is 15.9 Å². The minimum atomic E-state index is -4.68. The molecule has 10 heteroatoms. The molecule has 2 rings (SSSR count). The summed E-state index contributed by atoms with van der Waals surface area (Å²) in [5.41, 5.74) is -2.58. The minimum absolute atomic E-state index is 0.128. The number of hydrogen-bond acceptors (Lipinski definition) is 5. The Morgan fingerprint density at radius 3 is 2.56 bits per heavy atom. The fraction of sp³-hybridized carbons (Fsp3) is 0.200. The van der Waals surface area contributed by atoms with E-state index in [2.05, 4.69) is 9.82 Å². The molecule has 0 saturated carbocycles. The third-order valence-corrected chi connectivity index (χ3v) is 3.37. The summed E-state index contributed by atoms with van der Waals surface area (Å²) in [5, 5.41) is 12.0. The third kappa shape index (κ3) is 3.74. The molecule has 0 fully saturated rings. The van der Waals surface area contributed by atoms with Gasteiger partial charge in [-0.1, -0.05) is 6.07 Å². The number of nitro benzene ring substituents is 1. The number of aromatic nitrogens is 1. The summed E-state index contributed by atoms with van der Waals surface area (Å²) in [5.74, 6) is -0.808. The summed E-state index contributed by atoms with van der Waals surface area (Å²) in [6, 6.07) is 5.06. The SMILES string of the molecule is CON(C)C(=O)c1ccc(-c2ncccc2C(F)(F)F)cc1[N+](=O)[O-]. The van der Waals surface area contributed by atoms with Gasteiger partial charge in [0.25, 0.3) is 11.6 Å². The van der Waals surface area contributed by atoms with Crippen molar-refractivity contribution in [1.29, 1.82) is 0 Å². The van der Waals surface area contributed by atoms with Crippen LogP contribution < -0.4 is 0 Å². The van der Waals surface area contributed by atoms with Gasteiger partial charge >= 0.3 is 6.18 Å². The molecule has 25 heavy (non-hydrogen) atoms. The van der Waals surface area contributed by atoms with Crippen LogP contribution in [0.25, 0.3) is 11.3 Å². The normalized spacial score (nSPS) is 11.2. The van der Waals surface area contributed by atoms with Gasteiger partial charge in [-0.15, -0.1) is 0 Å². The first-order valence-corrected chi connectivity index (χ1v) is 6.80. The first kappa shape index (κ1) is 18.3. The minimum Gasteiger partial charge on any atom is -0.274 e. The molecular formula is C15H12F3N3O4. The van der Waals surface area contributed by atoms with E-state index in [1.165, 1.54) is 20.2 Å². The molecule has 132 valence electrons. The Kier molecular flexibility index (Phi) is 5.02. The van der Waals surface area contributed by atoms with Crippen molar-refractivity contribution in [2.24, 2.45) is 0 Å². The van der Waals surface area contributed by atoms with E-state index in [0.717, 1.165) is 35.5 Å². The molecule has 1 aromatic heterocycles. The van der Waals surface area contributed by atoms with Crippen molar-refractivity contribution in [3.63, 3.8) is 0 Å². The first-order chi connectivity index (χ1) is 11.7. The molecule has 1 amide bonds. The number of hydroxylamine groups is 2. The summed E-state index contributed by atoms with van der Waals surface area (Å²) in [4.78, 5) is 30.8. The average molecular weight is 355 g/mol. The number of nitrogens with zero attached hydrogens (tertiary/aromatic N) is 3. The molecule has 0 radical (unpaired) electrons. The highest BCUT2D eigenvalue weighted by Gasteiger charge is 2.35.